The van der Waals surface area contributed by atoms with Crippen LogP contribution in [-0.2, 0) is 0 Å². The number of nitrogens with one attached hydrogen (secondary N) is 1. The molecule has 0 saturated heterocycles. The fourth-order valence-electron chi connectivity index (χ4n) is 1.89. The van der Waals surface area contributed by atoms with Crippen molar-refractivity contribution in [2.75, 3.05) is 38.2 Å². The standard InChI is InChI=1S/C14H26N4O2S/c1-4-18(5-2)8-7-16-13(19)12-10-20-14(17-12)11(15)6-9-21-3/h10-11H,4-9,15H2,1-3H3,(H,16,19). The van der Waals surface area contributed by atoms with E-state index in [1.165, 1.54) is 6.26 Å². The van der Waals surface area contributed by atoms with Gasteiger partial charge in [-0.05, 0) is 31.5 Å². The zero-order valence-corrected chi connectivity index (χ0v) is 13.9. The molecule has 1 aromatic heterocycles. The predicted molar refractivity (Wildman–Crippen MR) is 86.6 cm³/mol. The van der Waals surface area contributed by atoms with Crippen molar-refractivity contribution in [3.8, 4) is 0 Å². The topological polar surface area (TPSA) is 84.4 Å². The van der Waals surface area contributed by atoms with Crippen molar-refractivity contribution in [3.63, 3.8) is 0 Å². The summed E-state index contributed by atoms with van der Waals surface area (Å²) in [6.07, 6.45) is 4.18. The zero-order valence-electron chi connectivity index (χ0n) is 13.1. The number of amides is 1. The predicted octanol–water partition coefficient (Wildman–Crippen LogP) is 1.50. The van der Waals surface area contributed by atoms with E-state index in [9.17, 15) is 4.79 Å². The monoisotopic (exact) mass is 314 g/mol. The quantitative estimate of drug-likeness (QED) is 0.681. The molecule has 1 rings (SSSR count). The maximum absolute atomic E-state index is 12.0. The SMILES string of the molecule is CCN(CC)CCNC(=O)c1coc(C(N)CCSC)n1. The van der Waals surface area contributed by atoms with E-state index in [1.807, 2.05) is 6.26 Å². The fraction of sp³-hybridized carbons (Fsp3) is 0.714. The molecule has 7 heteroatoms. The van der Waals surface area contributed by atoms with Crippen LogP contribution >= 0.6 is 11.8 Å². The lowest BCUT2D eigenvalue weighted by molar-refractivity contribution is 0.0944. The number of hydrogen-bond acceptors (Lipinski definition) is 6. The van der Waals surface area contributed by atoms with Crippen molar-refractivity contribution in [2.24, 2.45) is 5.73 Å². The second-order valence-electron chi connectivity index (χ2n) is 4.74. The average Bonchev–Trinajstić information content (AvgIpc) is 2.99. The number of aromatic nitrogens is 1. The van der Waals surface area contributed by atoms with E-state index < -0.39 is 0 Å². The Balaban J connectivity index is 2.43. The molecule has 1 heterocycles. The van der Waals surface area contributed by atoms with Gasteiger partial charge in [0.25, 0.3) is 5.91 Å². The summed E-state index contributed by atoms with van der Waals surface area (Å²) < 4.78 is 5.30. The van der Waals surface area contributed by atoms with E-state index in [1.54, 1.807) is 11.8 Å². The molecule has 0 aromatic carbocycles. The molecule has 0 aliphatic rings. The van der Waals surface area contributed by atoms with Gasteiger partial charge in [-0.2, -0.15) is 11.8 Å². The second-order valence-corrected chi connectivity index (χ2v) is 5.73. The Morgan fingerprint density at radius 3 is 2.86 bits per heavy atom. The summed E-state index contributed by atoms with van der Waals surface area (Å²) in [4.78, 5) is 18.4. The molecule has 0 saturated carbocycles. The van der Waals surface area contributed by atoms with E-state index in [2.05, 4.69) is 29.0 Å². The number of carbonyl (C=O) groups is 1. The third-order valence-corrected chi connectivity index (χ3v) is 3.96. The molecule has 0 bridgehead atoms. The molecule has 0 spiro atoms. The fourth-order valence-corrected chi connectivity index (χ4v) is 2.38. The Morgan fingerprint density at radius 2 is 2.24 bits per heavy atom. The normalized spacial score (nSPS) is 12.6. The zero-order chi connectivity index (χ0) is 15.7. The summed E-state index contributed by atoms with van der Waals surface area (Å²) in [7, 11) is 0. The lowest BCUT2D eigenvalue weighted by atomic mass is 10.2. The van der Waals surface area contributed by atoms with Gasteiger partial charge in [0.05, 0.1) is 6.04 Å². The average molecular weight is 314 g/mol. The van der Waals surface area contributed by atoms with E-state index in [4.69, 9.17) is 10.2 Å². The Kier molecular flexibility index (Phi) is 8.41. The summed E-state index contributed by atoms with van der Waals surface area (Å²) >= 11 is 1.72. The number of rotatable bonds is 10. The molecule has 0 radical (unpaired) electrons. The van der Waals surface area contributed by atoms with E-state index in [0.717, 1.165) is 31.8 Å². The molecule has 1 atom stereocenters. The number of thioether (sulfide) groups is 1. The van der Waals surface area contributed by atoms with Gasteiger partial charge in [0, 0.05) is 13.1 Å². The van der Waals surface area contributed by atoms with Gasteiger partial charge in [0.15, 0.2) is 5.69 Å². The first kappa shape index (κ1) is 18.0. The molecule has 0 aliphatic carbocycles. The van der Waals surface area contributed by atoms with Gasteiger partial charge < -0.3 is 20.4 Å². The summed E-state index contributed by atoms with van der Waals surface area (Å²) in [5.74, 6) is 1.15. The van der Waals surface area contributed by atoms with Gasteiger partial charge in [0.1, 0.15) is 6.26 Å². The molecule has 0 aliphatic heterocycles. The van der Waals surface area contributed by atoms with Crippen LogP contribution in [0.25, 0.3) is 0 Å². The smallest absolute Gasteiger partial charge is 0.273 e. The number of hydrogen-bond donors (Lipinski definition) is 2. The Hall–Kier alpha value is -1.05. The van der Waals surface area contributed by atoms with Crippen molar-refractivity contribution < 1.29 is 9.21 Å². The summed E-state index contributed by atoms with van der Waals surface area (Å²) in [6.45, 7) is 7.59. The largest absolute Gasteiger partial charge is 0.446 e. The molecule has 1 amide bonds. The van der Waals surface area contributed by atoms with Crippen molar-refractivity contribution >= 4 is 17.7 Å². The molecule has 6 nitrogen and oxygen atoms in total. The van der Waals surface area contributed by atoms with Crippen LogP contribution in [0.5, 0.6) is 0 Å². The summed E-state index contributed by atoms with van der Waals surface area (Å²) in [6, 6.07) is -0.255. The van der Waals surface area contributed by atoms with Crippen LogP contribution < -0.4 is 11.1 Å². The Bertz CT molecular complexity index is 421. The number of carbonyl (C=O) groups excluding carboxylic acids is 1. The van der Waals surface area contributed by atoms with Crippen LogP contribution in [0.2, 0.25) is 0 Å². The lowest BCUT2D eigenvalue weighted by Crippen LogP contribution is -2.34. The summed E-state index contributed by atoms with van der Waals surface area (Å²) in [5.41, 5.74) is 6.26. The van der Waals surface area contributed by atoms with E-state index >= 15 is 0 Å². The maximum Gasteiger partial charge on any atom is 0.273 e. The Labute approximate surface area is 130 Å². The lowest BCUT2D eigenvalue weighted by Gasteiger charge is -2.17. The van der Waals surface area contributed by atoms with Crippen molar-refractivity contribution in [2.45, 2.75) is 26.3 Å². The van der Waals surface area contributed by atoms with Gasteiger partial charge in [-0.15, -0.1) is 0 Å². The number of likely N-dealkylation sites (N-methyl/N-ethyl adjacent to an activating group) is 1. The molecule has 1 aromatic rings. The third kappa shape index (κ3) is 6.07. The highest BCUT2D eigenvalue weighted by molar-refractivity contribution is 7.98. The first-order chi connectivity index (χ1) is 10.1. The molecular weight excluding hydrogens is 288 g/mol. The maximum atomic E-state index is 12.0. The van der Waals surface area contributed by atoms with Crippen LogP contribution in [0.1, 0.15) is 42.7 Å². The first-order valence-corrected chi connectivity index (χ1v) is 8.72. The minimum Gasteiger partial charge on any atom is -0.446 e. The molecule has 120 valence electrons. The van der Waals surface area contributed by atoms with Crippen LogP contribution in [0, 0.1) is 0 Å². The molecule has 1 unspecified atom stereocenters. The minimum atomic E-state index is -0.255. The van der Waals surface area contributed by atoms with Crippen LogP contribution in [0.3, 0.4) is 0 Å². The highest BCUT2D eigenvalue weighted by Gasteiger charge is 2.16. The van der Waals surface area contributed by atoms with Crippen molar-refractivity contribution in [3.05, 3.63) is 17.8 Å². The number of nitrogens with two attached hydrogens (primary N) is 1. The van der Waals surface area contributed by atoms with Crippen LogP contribution in [0.15, 0.2) is 10.7 Å². The highest BCUT2D eigenvalue weighted by Crippen LogP contribution is 2.15. The van der Waals surface area contributed by atoms with Crippen molar-refractivity contribution in [1.82, 2.24) is 15.2 Å². The number of nitrogens with zero attached hydrogens (tertiary/aromatic N) is 2. The first-order valence-electron chi connectivity index (χ1n) is 7.32. The third-order valence-electron chi connectivity index (χ3n) is 3.31. The molecule has 3 N–H and O–H groups in total. The van der Waals surface area contributed by atoms with Gasteiger partial charge in [-0.1, -0.05) is 13.8 Å². The van der Waals surface area contributed by atoms with E-state index in [0.29, 0.717) is 18.1 Å². The van der Waals surface area contributed by atoms with Crippen LogP contribution in [-0.4, -0.2) is 54.0 Å². The Morgan fingerprint density at radius 1 is 1.52 bits per heavy atom. The molecule has 0 fully saturated rings. The summed E-state index contributed by atoms with van der Waals surface area (Å²) in [5, 5.41) is 2.85. The van der Waals surface area contributed by atoms with Gasteiger partial charge in [-0.3, -0.25) is 4.79 Å². The highest BCUT2D eigenvalue weighted by atomic mass is 32.2. The van der Waals surface area contributed by atoms with Gasteiger partial charge >= 0.3 is 0 Å². The second kappa shape index (κ2) is 9.81. The minimum absolute atomic E-state index is 0.214. The van der Waals surface area contributed by atoms with Gasteiger partial charge in [-0.25, -0.2) is 4.98 Å². The van der Waals surface area contributed by atoms with Crippen molar-refractivity contribution in [1.29, 1.82) is 0 Å². The van der Waals surface area contributed by atoms with Gasteiger partial charge in [0.2, 0.25) is 5.89 Å². The van der Waals surface area contributed by atoms with Crippen LogP contribution in [0.4, 0.5) is 0 Å². The molecular formula is C14H26N4O2S. The number of oxazole rings is 1. The molecule has 21 heavy (non-hydrogen) atoms. The van der Waals surface area contributed by atoms with E-state index in [-0.39, 0.29) is 11.9 Å².